The maximum Gasteiger partial charge on any atom is 0.0991 e. The number of hydrogen-bond acceptors (Lipinski definition) is 3. The second-order valence-corrected chi connectivity index (χ2v) is 4.94. The Hall–Kier alpha value is -1.37. The molecule has 1 unspecified atom stereocenters. The third kappa shape index (κ3) is 3.32. The van der Waals surface area contributed by atoms with Crippen LogP contribution in [0.3, 0.4) is 0 Å². The number of nitrogens with zero attached hydrogens (tertiary/aromatic N) is 2. The van der Waals surface area contributed by atoms with E-state index in [4.69, 9.17) is 10.4 Å². The first kappa shape index (κ1) is 13.1. The van der Waals surface area contributed by atoms with E-state index in [1.165, 1.54) is 24.8 Å². The highest BCUT2D eigenvalue weighted by Gasteiger charge is 2.21. The van der Waals surface area contributed by atoms with E-state index in [-0.39, 0.29) is 6.61 Å². The highest BCUT2D eigenvalue weighted by atomic mass is 16.3. The van der Waals surface area contributed by atoms with E-state index in [0.717, 1.165) is 25.1 Å². The van der Waals surface area contributed by atoms with Crippen LogP contribution in [0.25, 0.3) is 0 Å². The smallest absolute Gasteiger partial charge is 0.0991 e. The summed E-state index contributed by atoms with van der Waals surface area (Å²) in [7, 11) is 0. The van der Waals surface area contributed by atoms with Gasteiger partial charge in [0.25, 0.3) is 0 Å². The normalized spacial score (nSPS) is 20.6. The molecule has 1 fully saturated rings. The molecule has 1 heterocycles. The first-order chi connectivity index (χ1) is 8.83. The fourth-order valence-corrected chi connectivity index (χ4v) is 2.72. The molecule has 0 aromatic heterocycles. The predicted molar refractivity (Wildman–Crippen MR) is 70.9 cm³/mol. The largest absolute Gasteiger partial charge is 0.396 e. The van der Waals surface area contributed by atoms with Crippen LogP contribution in [0.1, 0.15) is 36.8 Å². The molecule has 2 rings (SSSR count). The molecule has 3 nitrogen and oxygen atoms in total. The van der Waals surface area contributed by atoms with Gasteiger partial charge in [0.05, 0.1) is 11.6 Å². The summed E-state index contributed by atoms with van der Waals surface area (Å²) in [6.07, 6.45) is 4.54. The predicted octanol–water partition coefficient (Wildman–Crippen LogP) is 2.30. The number of nitriles is 1. The molecule has 1 atom stereocenters. The molecule has 0 aliphatic carbocycles. The topological polar surface area (TPSA) is 47.3 Å². The lowest BCUT2D eigenvalue weighted by Gasteiger charge is -2.35. The van der Waals surface area contributed by atoms with Gasteiger partial charge in [-0.05, 0) is 43.5 Å². The molecule has 1 N–H and O–H groups in total. The third-order valence-electron chi connectivity index (χ3n) is 3.65. The Balaban J connectivity index is 2.03. The fraction of sp³-hybridized carbons (Fsp3) is 0.533. The van der Waals surface area contributed by atoms with Crippen LogP contribution >= 0.6 is 0 Å². The van der Waals surface area contributed by atoms with Gasteiger partial charge in [-0.2, -0.15) is 5.26 Å². The highest BCUT2D eigenvalue weighted by molar-refractivity contribution is 5.32. The second kappa shape index (κ2) is 6.53. The zero-order chi connectivity index (χ0) is 12.8. The van der Waals surface area contributed by atoms with Gasteiger partial charge in [0, 0.05) is 19.2 Å². The lowest BCUT2D eigenvalue weighted by Crippen LogP contribution is -2.39. The quantitative estimate of drug-likeness (QED) is 0.884. The van der Waals surface area contributed by atoms with E-state index in [9.17, 15) is 0 Å². The first-order valence-electron chi connectivity index (χ1n) is 6.67. The number of rotatable bonds is 4. The zero-order valence-electron chi connectivity index (χ0n) is 10.7. The maximum atomic E-state index is 9.11. The summed E-state index contributed by atoms with van der Waals surface area (Å²) in [5.41, 5.74) is 1.92. The zero-order valence-corrected chi connectivity index (χ0v) is 10.7. The summed E-state index contributed by atoms with van der Waals surface area (Å²) in [5, 5.41) is 18.0. The molecule has 1 aliphatic rings. The van der Waals surface area contributed by atoms with Crippen LogP contribution in [-0.2, 0) is 6.54 Å². The Morgan fingerprint density at radius 1 is 1.39 bits per heavy atom. The standard InChI is InChI=1S/C15H20N2O/c16-11-13-4-3-5-14(10-13)12-17-8-2-1-6-15(17)7-9-18/h3-5,10,15,18H,1-2,6-9,12H2. The van der Waals surface area contributed by atoms with E-state index in [1.54, 1.807) is 0 Å². The molecular formula is C15H20N2O. The fourth-order valence-electron chi connectivity index (χ4n) is 2.72. The van der Waals surface area contributed by atoms with E-state index in [2.05, 4.69) is 17.0 Å². The van der Waals surface area contributed by atoms with Crippen molar-refractivity contribution in [2.45, 2.75) is 38.3 Å². The highest BCUT2D eigenvalue weighted by Crippen LogP contribution is 2.21. The van der Waals surface area contributed by atoms with Crippen molar-refractivity contribution in [3.8, 4) is 6.07 Å². The molecule has 0 radical (unpaired) electrons. The number of aliphatic hydroxyl groups excluding tert-OH is 1. The number of aliphatic hydroxyl groups is 1. The van der Waals surface area contributed by atoms with Crippen molar-refractivity contribution in [2.75, 3.05) is 13.2 Å². The minimum Gasteiger partial charge on any atom is -0.396 e. The number of piperidine rings is 1. The van der Waals surface area contributed by atoms with Crippen LogP contribution < -0.4 is 0 Å². The molecule has 96 valence electrons. The average molecular weight is 244 g/mol. The van der Waals surface area contributed by atoms with Gasteiger partial charge in [-0.25, -0.2) is 0 Å². The third-order valence-corrected chi connectivity index (χ3v) is 3.65. The van der Waals surface area contributed by atoms with Crippen LogP contribution in [0, 0.1) is 11.3 Å². The van der Waals surface area contributed by atoms with E-state index >= 15 is 0 Å². The molecule has 0 spiro atoms. The van der Waals surface area contributed by atoms with Gasteiger partial charge in [0.15, 0.2) is 0 Å². The molecule has 1 aliphatic heterocycles. The summed E-state index contributed by atoms with van der Waals surface area (Å²) in [4.78, 5) is 2.44. The van der Waals surface area contributed by atoms with Crippen molar-refractivity contribution in [1.82, 2.24) is 4.90 Å². The van der Waals surface area contributed by atoms with Crippen molar-refractivity contribution in [3.63, 3.8) is 0 Å². The summed E-state index contributed by atoms with van der Waals surface area (Å²) in [5.74, 6) is 0. The Morgan fingerprint density at radius 3 is 3.06 bits per heavy atom. The van der Waals surface area contributed by atoms with Crippen molar-refractivity contribution < 1.29 is 5.11 Å². The van der Waals surface area contributed by atoms with Crippen LogP contribution in [-0.4, -0.2) is 29.2 Å². The SMILES string of the molecule is N#Cc1cccc(CN2CCCCC2CCO)c1. The van der Waals surface area contributed by atoms with Crippen molar-refractivity contribution in [1.29, 1.82) is 5.26 Å². The van der Waals surface area contributed by atoms with Crippen LogP contribution in [0.5, 0.6) is 0 Å². The Labute approximate surface area is 109 Å². The summed E-state index contributed by atoms with van der Waals surface area (Å²) >= 11 is 0. The van der Waals surface area contributed by atoms with Gasteiger partial charge in [0.1, 0.15) is 0 Å². The number of benzene rings is 1. The van der Waals surface area contributed by atoms with Gasteiger partial charge in [-0.15, -0.1) is 0 Å². The maximum absolute atomic E-state index is 9.11. The molecule has 0 amide bonds. The average Bonchev–Trinajstić information content (AvgIpc) is 2.41. The monoisotopic (exact) mass is 244 g/mol. The van der Waals surface area contributed by atoms with Gasteiger partial charge in [0.2, 0.25) is 0 Å². The van der Waals surface area contributed by atoms with E-state index < -0.39 is 0 Å². The second-order valence-electron chi connectivity index (χ2n) is 4.94. The molecule has 3 heteroatoms. The van der Waals surface area contributed by atoms with Gasteiger partial charge >= 0.3 is 0 Å². The van der Waals surface area contributed by atoms with Gasteiger partial charge in [-0.1, -0.05) is 18.6 Å². The lowest BCUT2D eigenvalue weighted by atomic mass is 9.98. The van der Waals surface area contributed by atoms with Crippen molar-refractivity contribution >= 4 is 0 Å². The van der Waals surface area contributed by atoms with E-state index in [1.807, 2.05) is 18.2 Å². The van der Waals surface area contributed by atoms with Gasteiger partial charge in [-0.3, -0.25) is 4.90 Å². The van der Waals surface area contributed by atoms with Crippen LogP contribution in [0.15, 0.2) is 24.3 Å². The number of hydrogen-bond donors (Lipinski definition) is 1. The molecule has 1 aromatic rings. The van der Waals surface area contributed by atoms with Crippen LogP contribution in [0.4, 0.5) is 0 Å². The first-order valence-corrected chi connectivity index (χ1v) is 6.67. The Bertz CT molecular complexity index is 423. The van der Waals surface area contributed by atoms with E-state index in [0.29, 0.717) is 6.04 Å². The number of likely N-dealkylation sites (tertiary alicyclic amines) is 1. The minimum absolute atomic E-state index is 0.263. The van der Waals surface area contributed by atoms with Crippen molar-refractivity contribution in [3.05, 3.63) is 35.4 Å². The molecule has 18 heavy (non-hydrogen) atoms. The Kier molecular flexibility index (Phi) is 4.74. The molecular weight excluding hydrogens is 224 g/mol. The van der Waals surface area contributed by atoms with Crippen LogP contribution in [0.2, 0.25) is 0 Å². The molecule has 1 aromatic carbocycles. The minimum atomic E-state index is 0.263. The summed E-state index contributed by atoms with van der Waals surface area (Å²) in [6, 6.07) is 10.5. The molecule has 1 saturated heterocycles. The summed E-state index contributed by atoms with van der Waals surface area (Å²) < 4.78 is 0. The molecule has 0 bridgehead atoms. The molecule has 0 saturated carbocycles. The van der Waals surface area contributed by atoms with Gasteiger partial charge < -0.3 is 5.11 Å². The van der Waals surface area contributed by atoms with Crippen molar-refractivity contribution in [2.24, 2.45) is 0 Å². The Morgan fingerprint density at radius 2 is 2.28 bits per heavy atom. The lowest BCUT2D eigenvalue weighted by molar-refractivity contribution is 0.112. The summed E-state index contributed by atoms with van der Waals surface area (Å²) in [6.45, 7) is 2.25.